The van der Waals surface area contributed by atoms with Crippen LogP contribution >= 0.6 is 11.3 Å². The van der Waals surface area contributed by atoms with Crippen molar-refractivity contribution in [2.45, 2.75) is 19.4 Å². The number of imidazole rings is 1. The van der Waals surface area contributed by atoms with Gasteiger partial charge in [-0.1, -0.05) is 6.07 Å². The highest BCUT2D eigenvalue weighted by Gasteiger charge is 2.18. The molecule has 1 fully saturated rings. The molecule has 1 aromatic carbocycles. The Morgan fingerprint density at radius 3 is 2.90 bits per heavy atom. The zero-order valence-electron chi connectivity index (χ0n) is 16.5. The van der Waals surface area contributed by atoms with Crippen molar-refractivity contribution >= 4 is 22.4 Å². The van der Waals surface area contributed by atoms with Crippen LogP contribution in [-0.4, -0.2) is 39.2 Å². The lowest BCUT2D eigenvalue weighted by molar-refractivity contribution is 0.193. The van der Waals surface area contributed by atoms with Crippen molar-refractivity contribution in [3.05, 3.63) is 70.0 Å². The van der Waals surface area contributed by atoms with E-state index in [0.717, 1.165) is 47.5 Å². The van der Waals surface area contributed by atoms with Crippen LogP contribution in [0.3, 0.4) is 0 Å². The number of thiophene rings is 1. The minimum absolute atomic E-state index is 0.0739. The van der Waals surface area contributed by atoms with Crippen LogP contribution in [0.2, 0.25) is 0 Å². The molecule has 148 valence electrons. The second kappa shape index (κ2) is 7.61. The van der Waals surface area contributed by atoms with E-state index in [0.29, 0.717) is 5.92 Å². The molecule has 1 atom stereocenters. The summed E-state index contributed by atoms with van der Waals surface area (Å²) in [5.41, 5.74) is 5.40. The van der Waals surface area contributed by atoms with Crippen molar-refractivity contribution in [3.63, 3.8) is 0 Å². The summed E-state index contributed by atoms with van der Waals surface area (Å²) in [6.07, 6.45) is 6.27. The Kier molecular flexibility index (Phi) is 4.81. The number of aromatic nitrogens is 3. The number of nitrogens with zero attached hydrogens (tertiary/aromatic N) is 4. The van der Waals surface area contributed by atoms with Crippen LogP contribution < -0.4 is 5.56 Å². The van der Waals surface area contributed by atoms with Crippen molar-refractivity contribution in [1.29, 1.82) is 0 Å². The van der Waals surface area contributed by atoms with Crippen molar-refractivity contribution in [2.75, 3.05) is 20.1 Å². The zero-order valence-corrected chi connectivity index (χ0v) is 17.3. The molecule has 1 aliphatic rings. The lowest BCUT2D eigenvalue weighted by atomic mass is 9.98. The van der Waals surface area contributed by atoms with Gasteiger partial charge >= 0.3 is 0 Å². The number of pyridine rings is 1. The topological polar surface area (TPSA) is 43.1 Å². The molecular formula is C23H24N4OS. The average molecular weight is 405 g/mol. The standard InChI is InChI=1S/C23H24N4OS/c1-25-9-2-3-17(12-25)13-26-14-19(5-7-23(26)28)18-4-6-22-21(11-18)24-16-27(22)20-8-10-29-15-20/h4-8,10-11,14-17H,2-3,9,12-13H2,1H3. The van der Waals surface area contributed by atoms with E-state index in [1.165, 1.54) is 12.8 Å². The van der Waals surface area contributed by atoms with Gasteiger partial charge in [-0.3, -0.25) is 9.36 Å². The van der Waals surface area contributed by atoms with Gasteiger partial charge in [0, 0.05) is 30.7 Å². The highest BCUT2D eigenvalue weighted by atomic mass is 32.1. The lowest BCUT2D eigenvalue weighted by Gasteiger charge is -2.30. The molecule has 0 bridgehead atoms. The highest BCUT2D eigenvalue weighted by molar-refractivity contribution is 7.08. The second-order valence-corrected chi connectivity index (χ2v) is 8.76. The Morgan fingerprint density at radius 2 is 2.07 bits per heavy atom. The third kappa shape index (κ3) is 3.66. The molecule has 0 N–H and O–H groups in total. The largest absolute Gasteiger partial charge is 0.315 e. The SMILES string of the molecule is CN1CCCC(Cn2cc(-c3ccc4c(c3)ncn4-c3ccsc3)ccc2=O)C1. The molecule has 1 saturated heterocycles. The third-order valence-electron chi connectivity index (χ3n) is 5.83. The first-order valence-corrected chi connectivity index (χ1v) is 11.0. The van der Waals surface area contributed by atoms with Gasteiger partial charge in [0.2, 0.25) is 0 Å². The van der Waals surface area contributed by atoms with Crippen LogP contribution in [0.5, 0.6) is 0 Å². The van der Waals surface area contributed by atoms with E-state index in [1.54, 1.807) is 17.4 Å². The van der Waals surface area contributed by atoms with Crippen LogP contribution in [-0.2, 0) is 6.54 Å². The fourth-order valence-electron chi connectivity index (χ4n) is 4.34. The minimum Gasteiger partial charge on any atom is -0.315 e. The molecule has 3 aromatic heterocycles. The summed E-state index contributed by atoms with van der Waals surface area (Å²) in [4.78, 5) is 19.4. The van der Waals surface area contributed by atoms with Gasteiger partial charge < -0.3 is 9.47 Å². The number of benzene rings is 1. The van der Waals surface area contributed by atoms with E-state index in [-0.39, 0.29) is 5.56 Å². The number of fused-ring (bicyclic) bond motifs is 1. The smallest absolute Gasteiger partial charge is 0.250 e. The summed E-state index contributed by atoms with van der Waals surface area (Å²) in [6, 6.07) is 12.0. The normalized spacial score (nSPS) is 17.8. The number of piperidine rings is 1. The Morgan fingerprint density at radius 1 is 1.17 bits per heavy atom. The van der Waals surface area contributed by atoms with E-state index in [4.69, 9.17) is 0 Å². The third-order valence-corrected chi connectivity index (χ3v) is 6.50. The van der Waals surface area contributed by atoms with Crippen molar-refractivity contribution in [3.8, 4) is 16.8 Å². The molecule has 4 aromatic rings. The maximum Gasteiger partial charge on any atom is 0.250 e. The maximum atomic E-state index is 12.4. The Hall–Kier alpha value is -2.70. The number of rotatable bonds is 4. The second-order valence-electron chi connectivity index (χ2n) is 7.98. The molecule has 1 aliphatic heterocycles. The molecule has 29 heavy (non-hydrogen) atoms. The summed E-state index contributed by atoms with van der Waals surface area (Å²) < 4.78 is 3.99. The molecule has 0 amide bonds. The van der Waals surface area contributed by atoms with Crippen LogP contribution in [0.15, 0.2) is 64.5 Å². The Labute approximate surface area is 173 Å². The molecule has 5 nitrogen and oxygen atoms in total. The van der Waals surface area contributed by atoms with Crippen molar-refractivity contribution in [1.82, 2.24) is 19.0 Å². The number of hydrogen-bond acceptors (Lipinski definition) is 4. The van der Waals surface area contributed by atoms with Crippen molar-refractivity contribution < 1.29 is 0 Å². The van der Waals surface area contributed by atoms with Gasteiger partial charge in [0.1, 0.15) is 6.33 Å². The van der Waals surface area contributed by atoms with Crippen molar-refractivity contribution in [2.24, 2.45) is 5.92 Å². The quantitative estimate of drug-likeness (QED) is 0.510. The van der Waals surface area contributed by atoms with E-state index < -0.39 is 0 Å². The van der Waals surface area contributed by atoms with Gasteiger partial charge in [0.25, 0.3) is 5.56 Å². The van der Waals surface area contributed by atoms with Crippen LogP contribution in [0.1, 0.15) is 12.8 Å². The molecule has 6 heteroatoms. The van der Waals surface area contributed by atoms with Gasteiger partial charge in [-0.2, -0.15) is 11.3 Å². The first-order valence-electron chi connectivity index (χ1n) is 10.1. The maximum absolute atomic E-state index is 12.4. The Balaban J connectivity index is 1.46. The van der Waals surface area contributed by atoms with E-state index in [9.17, 15) is 4.79 Å². The fourth-order valence-corrected chi connectivity index (χ4v) is 4.97. The Bertz CT molecular complexity index is 1190. The molecule has 0 saturated carbocycles. The molecule has 4 heterocycles. The molecule has 1 unspecified atom stereocenters. The van der Waals surface area contributed by atoms with Crippen LogP contribution in [0, 0.1) is 5.92 Å². The monoisotopic (exact) mass is 404 g/mol. The molecule has 0 spiro atoms. The first-order chi connectivity index (χ1) is 14.2. The summed E-state index contributed by atoms with van der Waals surface area (Å²) >= 11 is 1.68. The van der Waals surface area contributed by atoms with Gasteiger partial charge in [0.15, 0.2) is 0 Å². The number of hydrogen-bond donors (Lipinski definition) is 0. The lowest BCUT2D eigenvalue weighted by Crippen LogP contribution is -2.35. The van der Waals surface area contributed by atoms with Crippen LogP contribution in [0.25, 0.3) is 27.8 Å². The summed E-state index contributed by atoms with van der Waals surface area (Å²) in [6.45, 7) is 3.00. The summed E-state index contributed by atoms with van der Waals surface area (Å²) in [7, 11) is 2.16. The zero-order chi connectivity index (χ0) is 19.8. The highest BCUT2D eigenvalue weighted by Crippen LogP contribution is 2.26. The first kappa shape index (κ1) is 18.3. The minimum atomic E-state index is 0.0739. The molecule has 5 rings (SSSR count). The van der Waals surface area contributed by atoms with E-state index in [2.05, 4.69) is 56.5 Å². The van der Waals surface area contributed by atoms with Gasteiger partial charge in [-0.15, -0.1) is 0 Å². The molecule has 0 aliphatic carbocycles. The number of likely N-dealkylation sites (tertiary alicyclic amines) is 1. The van der Waals surface area contributed by atoms with Gasteiger partial charge in [-0.05, 0) is 73.1 Å². The summed E-state index contributed by atoms with van der Waals surface area (Å²) in [5.74, 6) is 0.533. The van der Waals surface area contributed by atoms with Gasteiger partial charge in [0.05, 0.1) is 16.7 Å². The van der Waals surface area contributed by atoms with E-state index in [1.807, 2.05) is 23.2 Å². The van der Waals surface area contributed by atoms with E-state index >= 15 is 0 Å². The predicted molar refractivity (Wildman–Crippen MR) is 119 cm³/mol. The summed E-state index contributed by atoms with van der Waals surface area (Å²) in [5, 5.41) is 4.19. The molecule has 0 radical (unpaired) electrons. The average Bonchev–Trinajstić information content (AvgIpc) is 3.38. The van der Waals surface area contributed by atoms with Crippen LogP contribution in [0.4, 0.5) is 0 Å². The van der Waals surface area contributed by atoms with Gasteiger partial charge in [-0.25, -0.2) is 4.98 Å². The predicted octanol–water partition coefficient (Wildman–Crippen LogP) is 4.26. The fraction of sp³-hybridized carbons (Fsp3) is 0.304. The molecular weight excluding hydrogens is 380 g/mol.